The van der Waals surface area contributed by atoms with E-state index < -0.39 is 0 Å². The number of aryl methyl sites for hydroxylation is 1. The van der Waals surface area contributed by atoms with Gasteiger partial charge >= 0.3 is 0 Å². The fraction of sp³-hybridized carbons (Fsp3) is 0.231. The van der Waals surface area contributed by atoms with Crippen molar-refractivity contribution in [3.63, 3.8) is 0 Å². The Morgan fingerprint density at radius 3 is 2.82 bits per heavy atom. The van der Waals surface area contributed by atoms with Gasteiger partial charge in [0, 0.05) is 6.04 Å². The standard InChI is InChI=1S/C13H13ClFNS/c1-8-6-17-7-10(8)12(16)5-9-3-2-4-11(14)13(9)15/h2-4,6-7,12H,5,16H2,1H3. The highest BCUT2D eigenvalue weighted by atomic mass is 35.5. The molecule has 0 radical (unpaired) electrons. The molecular weight excluding hydrogens is 257 g/mol. The predicted molar refractivity (Wildman–Crippen MR) is 71.1 cm³/mol. The summed E-state index contributed by atoms with van der Waals surface area (Å²) in [5, 5.41) is 4.21. The molecule has 2 rings (SSSR count). The van der Waals surface area contributed by atoms with Gasteiger partial charge in [0.1, 0.15) is 5.82 Å². The van der Waals surface area contributed by atoms with E-state index in [1.54, 1.807) is 29.5 Å². The number of nitrogens with two attached hydrogens (primary N) is 1. The molecule has 1 unspecified atom stereocenters. The Balaban J connectivity index is 2.22. The molecule has 4 heteroatoms. The summed E-state index contributed by atoms with van der Waals surface area (Å²) in [6, 6.07) is 4.83. The molecule has 0 aliphatic heterocycles. The number of halogens is 2. The lowest BCUT2D eigenvalue weighted by Gasteiger charge is -2.12. The van der Waals surface area contributed by atoms with E-state index in [0.29, 0.717) is 12.0 Å². The molecule has 0 saturated heterocycles. The van der Waals surface area contributed by atoms with Gasteiger partial charge in [-0.15, -0.1) is 0 Å². The van der Waals surface area contributed by atoms with Crippen molar-refractivity contribution in [3.05, 3.63) is 56.5 Å². The average Bonchev–Trinajstić information content (AvgIpc) is 2.71. The maximum absolute atomic E-state index is 13.7. The van der Waals surface area contributed by atoms with Crippen molar-refractivity contribution >= 4 is 22.9 Å². The van der Waals surface area contributed by atoms with Gasteiger partial charge in [0.25, 0.3) is 0 Å². The van der Waals surface area contributed by atoms with Crippen LogP contribution in [-0.2, 0) is 6.42 Å². The SMILES string of the molecule is Cc1cscc1C(N)Cc1cccc(Cl)c1F. The Morgan fingerprint density at radius 1 is 1.41 bits per heavy atom. The van der Waals surface area contributed by atoms with Crippen LogP contribution in [0.2, 0.25) is 5.02 Å². The fourth-order valence-corrected chi connectivity index (χ4v) is 2.91. The Hall–Kier alpha value is -0.900. The monoisotopic (exact) mass is 269 g/mol. The van der Waals surface area contributed by atoms with E-state index in [9.17, 15) is 4.39 Å². The van der Waals surface area contributed by atoms with Crippen molar-refractivity contribution < 1.29 is 4.39 Å². The lowest BCUT2D eigenvalue weighted by molar-refractivity contribution is 0.593. The Labute approximate surface area is 109 Å². The Bertz CT molecular complexity index is 524. The van der Waals surface area contributed by atoms with E-state index in [0.717, 1.165) is 11.1 Å². The van der Waals surface area contributed by atoms with Gasteiger partial charge in [0.15, 0.2) is 0 Å². The van der Waals surface area contributed by atoms with Crippen LogP contribution in [0.4, 0.5) is 4.39 Å². The first-order chi connectivity index (χ1) is 8.09. The van der Waals surface area contributed by atoms with Crippen LogP contribution < -0.4 is 5.73 Å². The van der Waals surface area contributed by atoms with Gasteiger partial charge in [-0.25, -0.2) is 4.39 Å². The molecule has 1 atom stereocenters. The largest absolute Gasteiger partial charge is 0.324 e. The molecule has 0 amide bonds. The second kappa shape index (κ2) is 5.17. The quantitative estimate of drug-likeness (QED) is 0.892. The molecule has 0 aliphatic carbocycles. The zero-order valence-corrected chi connectivity index (χ0v) is 11.0. The second-order valence-corrected chi connectivity index (χ2v) is 5.18. The van der Waals surface area contributed by atoms with Crippen LogP contribution in [0.3, 0.4) is 0 Å². The molecule has 1 aromatic heterocycles. The van der Waals surface area contributed by atoms with Crippen LogP contribution in [0.5, 0.6) is 0 Å². The highest BCUT2D eigenvalue weighted by Crippen LogP contribution is 2.26. The second-order valence-electron chi connectivity index (χ2n) is 4.03. The van der Waals surface area contributed by atoms with Crippen LogP contribution in [-0.4, -0.2) is 0 Å². The van der Waals surface area contributed by atoms with Crippen molar-refractivity contribution in [3.8, 4) is 0 Å². The number of hydrogen-bond acceptors (Lipinski definition) is 2. The van der Waals surface area contributed by atoms with Crippen LogP contribution in [0.15, 0.2) is 29.0 Å². The van der Waals surface area contributed by atoms with Crippen LogP contribution in [0.25, 0.3) is 0 Å². The molecule has 0 spiro atoms. The van der Waals surface area contributed by atoms with E-state index >= 15 is 0 Å². The summed E-state index contributed by atoms with van der Waals surface area (Å²) in [7, 11) is 0. The summed E-state index contributed by atoms with van der Waals surface area (Å²) in [6.45, 7) is 2.01. The van der Waals surface area contributed by atoms with E-state index in [4.69, 9.17) is 17.3 Å². The van der Waals surface area contributed by atoms with E-state index in [-0.39, 0.29) is 16.9 Å². The average molecular weight is 270 g/mol. The van der Waals surface area contributed by atoms with Gasteiger partial charge in [-0.1, -0.05) is 23.7 Å². The molecule has 1 aromatic carbocycles. The van der Waals surface area contributed by atoms with E-state index in [1.165, 1.54) is 0 Å². The summed E-state index contributed by atoms with van der Waals surface area (Å²) in [6.07, 6.45) is 0.462. The lowest BCUT2D eigenvalue weighted by Crippen LogP contribution is -2.14. The molecule has 0 bridgehead atoms. The molecule has 17 heavy (non-hydrogen) atoms. The number of rotatable bonds is 3. The topological polar surface area (TPSA) is 26.0 Å². The highest BCUT2D eigenvalue weighted by Gasteiger charge is 2.14. The number of hydrogen-bond donors (Lipinski definition) is 1. The van der Waals surface area contributed by atoms with Gasteiger partial charge in [-0.05, 0) is 46.9 Å². The van der Waals surface area contributed by atoms with E-state index in [1.807, 2.05) is 17.7 Å². The van der Waals surface area contributed by atoms with Crippen LogP contribution in [0.1, 0.15) is 22.7 Å². The summed E-state index contributed by atoms with van der Waals surface area (Å²) in [5.41, 5.74) is 8.89. The zero-order chi connectivity index (χ0) is 12.4. The summed E-state index contributed by atoms with van der Waals surface area (Å²) >= 11 is 7.35. The summed E-state index contributed by atoms with van der Waals surface area (Å²) < 4.78 is 13.7. The molecule has 2 N–H and O–H groups in total. The van der Waals surface area contributed by atoms with Crippen LogP contribution in [0, 0.1) is 12.7 Å². The Kier molecular flexibility index (Phi) is 3.82. The molecule has 0 aliphatic rings. The first kappa shape index (κ1) is 12.6. The third-order valence-electron chi connectivity index (χ3n) is 2.77. The first-order valence-corrected chi connectivity index (χ1v) is 6.63. The van der Waals surface area contributed by atoms with Crippen molar-refractivity contribution in [1.82, 2.24) is 0 Å². The third-order valence-corrected chi connectivity index (χ3v) is 3.94. The van der Waals surface area contributed by atoms with Crippen molar-refractivity contribution in [2.75, 3.05) is 0 Å². The summed E-state index contributed by atoms with van der Waals surface area (Å²) in [4.78, 5) is 0. The van der Waals surface area contributed by atoms with Gasteiger partial charge in [-0.2, -0.15) is 11.3 Å². The zero-order valence-electron chi connectivity index (χ0n) is 9.41. The molecule has 0 fully saturated rings. The maximum Gasteiger partial charge on any atom is 0.145 e. The smallest absolute Gasteiger partial charge is 0.145 e. The van der Waals surface area contributed by atoms with Crippen molar-refractivity contribution in [1.29, 1.82) is 0 Å². The Morgan fingerprint density at radius 2 is 2.18 bits per heavy atom. The molecule has 90 valence electrons. The highest BCUT2D eigenvalue weighted by molar-refractivity contribution is 7.08. The lowest BCUT2D eigenvalue weighted by atomic mass is 9.99. The van der Waals surface area contributed by atoms with Crippen molar-refractivity contribution in [2.45, 2.75) is 19.4 Å². The third kappa shape index (κ3) is 2.68. The number of benzene rings is 1. The van der Waals surface area contributed by atoms with Crippen LogP contribution >= 0.6 is 22.9 Å². The molecule has 1 nitrogen and oxygen atoms in total. The van der Waals surface area contributed by atoms with Crippen molar-refractivity contribution in [2.24, 2.45) is 5.73 Å². The summed E-state index contributed by atoms with van der Waals surface area (Å²) in [5.74, 6) is -0.363. The van der Waals surface area contributed by atoms with Gasteiger partial charge in [0.2, 0.25) is 0 Å². The normalized spacial score (nSPS) is 12.7. The predicted octanol–water partition coefficient (Wildman–Crippen LogP) is 4.09. The van der Waals surface area contributed by atoms with Gasteiger partial charge < -0.3 is 5.73 Å². The molecule has 1 heterocycles. The fourth-order valence-electron chi connectivity index (χ4n) is 1.80. The minimum absolute atomic E-state index is 0.150. The minimum atomic E-state index is -0.363. The van der Waals surface area contributed by atoms with Gasteiger partial charge in [-0.3, -0.25) is 0 Å². The maximum atomic E-state index is 13.7. The molecular formula is C13H13ClFNS. The van der Waals surface area contributed by atoms with E-state index in [2.05, 4.69) is 0 Å². The molecule has 0 saturated carbocycles. The minimum Gasteiger partial charge on any atom is -0.324 e. The van der Waals surface area contributed by atoms with Gasteiger partial charge in [0.05, 0.1) is 5.02 Å². The molecule has 2 aromatic rings. The number of thiophene rings is 1. The first-order valence-electron chi connectivity index (χ1n) is 5.30.